The lowest BCUT2D eigenvalue weighted by Crippen LogP contribution is -2.59. The summed E-state index contributed by atoms with van der Waals surface area (Å²) in [4.78, 5) is 30.4. The molecular formula is C28H28FN3O3. The lowest BCUT2D eigenvalue weighted by Gasteiger charge is -2.38. The van der Waals surface area contributed by atoms with E-state index in [1.54, 1.807) is 13.0 Å². The minimum Gasteiger partial charge on any atom is -0.465 e. The first-order chi connectivity index (χ1) is 16.9. The Morgan fingerprint density at radius 2 is 1.71 bits per heavy atom. The van der Waals surface area contributed by atoms with Crippen LogP contribution in [0.1, 0.15) is 23.6 Å². The summed E-state index contributed by atoms with van der Waals surface area (Å²) < 4.78 is 13.8. The zero-order chi connectivity index (χ0) is 24.8. The molecule has 0 aliphatic heterocycles. The van der Waals surface area contributed by atoms with Gasteiger partial charge in [0, 0.05) is 30.1 Å². The van der Waals surface area contributed by atoms with E-state index in [2.05, 4.69) is 10.3 Å². The number of benzene rings is 3. The van der Waals surface area contributed by atoms with Crippen LogP contribution in [0.25, 0.3) is 10.9 Å². The Balaban J connectivity index is 1.64. The lowest BCUT2D eigenvalue weighted by molar-refractivity contribution is -0.132. The van der Waals surface area contributed by atoms with Crippen LogP contribution in [0.15, 0.2) is 85.1 Å². The Bertz CT molecular complexity index is 1320. The maximum atomic E-state index is 13.8. The molecule has 1 atom stereocenters. The molecule has 4 rings (SSSR count). The summed E-state index contributed by atoms with van der Waals surface area (Å²) in [6, 6.07) is 23.2. The Kier molecular flexibility index (Phi) is 7.15. The number of para-hydroxylation sites is 1. The van der Waals surface area contributed by atoms with E-state index in [9.17, 15) is 19.1 Å². The highest BCUT2D eigenvalue weighted by atomic mass is 19.1. The molecule has 0 saturated carbocycles. The van der Waals surface area contributed by atoms with Crippen molar-refractivity contribution in [1.29, 1.82) is 0 Å². The number of H-pyrrole nitrogens is 1. The van der Waals surface area contributed by atoms with Crippen molar-refractivity contribution in [1.82, 2.24) is 15.2 Å². The molecule has 7 heteroatoms. The van der Waals surface area contributed by atoms with E-state index in [4.69, 9.17) is 0 Å². The quantitative estimate of drug-likeness (QED) is 0.314. The molecule has 6 nitrogen and oxygen atoms in total. The summed E-state index contributed by atoms with van der Waals surface area (Å²) in [6.07, 6.45) is 1.32. The van der Waals surface area contributed by atoms with Gasteiger partial charge in [0.05, 0.1) is 6.54 Å². The van der Waals surface area contributed by atoms with Crippen molar-refractivity contribution in [2.24, 2.45) is 0 Å². The summed E-state index contributed by atoms with van der Waals surface area (Å²) in [6.45, 7) is 1.86. The van der Waals surface area contributed by atoms with Gasteiger partial charge >= 0.3 is 6.09 Å². The molecule has 1 heterocycles. The van der Waals surface area contributed by atoms with Gasteiger partial charge in [0.25, 0.3) is 0 Å². The Labute approximate surface area is 203 Å². The Morgan fingerprint density at radius 1 is 1.00 bits per heavy atom. The third-order valence-corrected chi connectivity index (χ3v) is 6.30. The number of hydrogen-bond donors (Lipinski definition) is 3. The number of nitrogens with one attached hydrogen (secondary N) is 2. The molecule has 2 amide bonds. The molecule has 0 radical (unpaired) electrons. The first-order valence-electron chi connectivity index (χ1n) is 11.5. The van der Waals surface area contributed by atoms with Gasteiger partial charge in [-0.2, -0.15) is 0 Å². The predicted molar refractivity (Wildman–Crippen MR) is 134 cm³/mol. The molecule has 3 N–H and O–H groups in total. The maximum absolute atomic E-state index is 13.8. The average Bonchev–Trinajstić information content (AvgIpc) is 3.25. The second-order valence-corrected chi connectivity index (χ2v) is 8.80. The van der Waals surface area contributed by atoms with Crippen molar-refractivity contribution in [3.05, 3.63) is 108 Å². The van der Waals surface area contributed by atoms with E-state index < -0.39 is 23.4 Å². The van der Waals surface area contributed by atoms with Crippen molar-refractivity contribution in [3.63, 3.8) is 0 Å². The van der Waals surface area contributed by atoms with E-state index in [1.807, 2.05) is 60.8 Å². The molecule has 0 spiro atoms. The van der Waals surface area contributed by atoms with E-state index in [-0.39, 0.29) is 13.0 Å². The van der Waals surface area contributed by atoms with E-state index in [0.29, 0.717) is 18.5 Å². The SMILES string of the molecule is C[C@@](Cc1c[nH]c2ccccc12)(C(=O)NCCc1ccccc1)N(Cc1cccc(F)c1)C(=O)O. The first kappa shape index (κ1) is 24.0. The number of carbonyl (C=O) groups excluding carboxylic acids is 1. The third-order valence-electron chi connectivity index (χ3n) is 6.30. The molecule has 1 aromatic heterocycles. The molecule has 0 aliphatic rings. The molecular weight excluding hydrogens is 445 g/mol. The number of halogens is 1. The van der Waals surface area contributed by atoms with Crippen LogP contribution in [0.5, 0.6) is 0 Å². The fourth-order valence-corrected chi connectivity index (χ4v) is 4.37. The minimum absolute atomic E-state index is 0.127. The number of hydrogen-bond acceptors (Lipinski definition) is 2. The molecule has 4 aromatic rings. The van der Waals surface area contributed by atoms with Gasteiger partial charge in [-0.3, -0.25) is 9.69 Å². The number of nitrogens with zero attached hydrogens (tertiary/aromatic N) is 1. The molecule has 180 valence electrons. The third kappa shape index (κ3) is 5.51. The van der Waals surface area contributed by atoms with Crippen LogP contribution in [0, 0.1) is 5.82 Å². The zero-order valence-corrected chi connectivity index (χ0v) is 19.5. The van der Waals surface area contributed by atoms with Gasteiger partial charge in [0.2, 0.25) is 5.91 Å². The van der Waals surface area contributed by atoms with Crippen LogP contribution in [-0.2, 0) is 24.2 Å². The van der Waals surface area contributed by atoms with Gasteiger partial charge in [-0.05, 0) is 48.2 Å². The highest BCUT2D eigenvalue weighted by Gasteiger charge is 2.43. The van der Waals surface area contributed by atoms with Crippen molar-refractivity contribution < 1.29 is 19.1 Å². The Hall–Kier alpha value is -4.13. The molecule has 3 aromatic carbocycles. The smallest absolute Gasteiger partial charge is 0.408 e. The normalized spacial score (nSPS) is 12.7. The molecule has 0 aliphatic carbocycles. The van der Waals surface area contributed by atoms with Gasteiger partial charge < -0.3 is 15.4 Å². The van der Waals surface area contributed by atoms with Gasteiger partial charge in [-0.1, -0.05) is 60.7 Å². The lowest BCUT2D eigenvalue weighted by atomic mass is 9.89. The number of fused-ring (bicyclic) bond motifs is 1. The van der Waals surface area contributed by atoms with Crippen LogP contribution in [0.2, 0.25) is 0 Å². The number of carbonyl (C=O) groups is 2. The van der Waals surface area contributed by atoms with Crippen molar-refractivity contribution in [2.75, 3.05) is 6.54 Å². The fraction of sp³-hybridized carbons (Fsp3) is 0.214. The standard InChI is InChI=1S/C28H28FN3O3/c1-28(17-22-18-31-25-13-6-5-12-24(22)25,26(33)30-15-14-20-8-3-2-4-9-20)32(27(34)35)19-21-10-7-11-23(29)16-21/h2-13,16,18,31H,14-15,17,19H2,1H3,(H,30,33)(H,34,35)/t28-/m1/s1. The largest absolute Gasteiger partial charge is 0.465 e. The average molecular weight is 474 g/mol. The van der Waals surface area contributed by atoms with Gasteiger partial charge in [-0.15, -0.1) is 0 Å². The van der Waals surface area contributed by atoms with Gasteiger partial charge in [0.15, 0.2) is 0 Å². The summed E-state index contributed by atoms with van der Waals surface area (Å²) in [5.41, 5.74) is 1.82. The van der Waals surface area contributed by atoms with Crippen LogP contribution < -0.4 is 5.32 Å². The highest BCUT2D eigenvalue weighted by molar-refractivity contribution is 5.91. The highest BCUT2D eigenvalue weighted by Crippen LogP contribution is 2.28. The molecule has 0 unspecified atom stereocenters. The second kappa shape index (κ2) is 10.4. The van der Waals surface area contributed by atoms with E-state index >= 15 is 0 Å². The topological polar surface area (TPSA) is 85.4 Å². The molecule has 0 saturated heterocycles. The molecule has 0 bridgehead atoms. The maximum Gasteiger partial charge on any atom is 0.408 e. The van der Waals surface area contributed by atoms with Gasteiger partial charge in [0.1, 0.15) is 11.4 Å². The number of rotatable bonds is 9. The van der Waals surface area contributed by atoms with Crippen molar-refractivity contribution >= 4 is 22.9 Å². The van der Waals surface area contributed by atoms with Crippen LogP contribution >= 0.6 is 0 Å². The first-order valence-corrected chi connectivity index (χ1v) is 11.5. The van der Waals surface area contributed by atoms with E-state index in [1.165, 1.54) is 18.2 Å². The monoisotopic (exact) mass is 473 g/mol. The zero-order valence-electron chi connectivity index (χ0n) is 19.5. The minimum atomic E-state index is -1.44. The van der Waals surface area contributed by atoms with Crippen LogP contribution in [0.4, 0.5) is 9.18 Å². The van der Waals surface area contributed by atoms with Crippen LogP contribution in [0.3, 0.4) is 0 Å². The summed E-state index contributed by atoms with van der Waals surface area (Å²) >= 11 is 0. The van der Waals surface area contributed by atoms with E-state index in [0.717, 1.165) is 26.9 Å². The number of aromatic amines is 1. The van der Waals surface area contributed by atoms with Crippen molar-refractivity contribution in [2.45, 2.75) is 31.8 Å². The van der Waals surface area contributed by atoms with Crippen LogP contribution in [-0.4, -0.2) is 39.1 Å². The Morgan fingerprint density at radius 3 is 2.46 bits per heavy atom. The number of aromatic nitrogens is 1. The predicted octanol–water partition coefficient (Wildman–Crippen LogP) is 5.15. The number of carboxylic acid groups (broad SMARTS) is 1. The summed E-state index contributed by atoms with van der Waals surface area (Å²) in [7, 11) is 0. The number of amides is 2. The second-order valence-electron chi connectivity index (χ2n) is 8.80. The van der Waals surface area contributed by atoms with Gasteiger partial charge in [-0.25, -0.2) is 9.18 Å². The fourth-order valence-electron chi connectivity index (χ4n) is 4.37. The summed E-state index contributed by atoms with van der Waals surface area (Å²) in [5, 5.41) is 14.0. The molecule has 35 heavy (non-hydrogen) atoms. The van der Waals surface area contributed by atoms with Crippen molar-refractivity contribution in [3.8, 4) is 0 Å². The molecule has 0 fully saturated rings. The summed E-state index contributed by atoms with van der Waals surface area (Å²) in [5.74, 6) is -0.865.